The van der Waals surface area contributed by atoms with Gasteiger partial charge in [0.15, 0.2) is 11.5 Å². The number of likely N-dealkylation sites (tertiary alicyclic amines) is 1. The van der Waals surface area contributed by atoms with E-state index in [0.29, 0.717) is 13.0 Å². The van der Waals surface area contributed by atoms with Crippen LogP contribution in [-0.4, -0.2) is 43.5 Å². The Hall–Kier alpha value is -3.54. The van der Waals surface area contributed by atoms with Gasteiger partial charge in [0, 0.05) is 43.2 Å². The monoisotopic (exact) mass is 397 g/mol. The van der Waals surface area contributed by atoms with E-state index in [0.717, 1.165) is 47.5 Å². The first-order valence-corrected chi connectivity index (χ1v) is 10.3. The van der Waals surface area contributed by atoms with Gasteiger partial charge in [0.05, 0.1) is 6.42 Å². The molecular formula is C24H23N5O. The number of nitrogens with zero attached hydrogens (tertiary/aromatic N) is 5. The van der Waals surface area contributed by atoms with E-state index in [1.807, 2.05) is 64.1 Å². The van der Waals surface area contributed by atoms with Crippen LogP contribution < -0.4 is 0 Å². The Balaban J connectivity index is 1.34. The van der Waals surface area contributed by atoms with E-state index in [4.69, 9.17) is 10.1 Å². The Bertz CT molecular complexity index is 1160. The van der Waals surface area contributed by atoms with Gasteiger partial charge in [-0.2, -0.15) is 5.10 Å². The van der Waals surface area contributed by atoms with Gasteiger partial charge in [0.2, 0.25) is 5.91 Å². The fraction of sp³-hybridized carbons (Fsp3) is 0.250. The summed E-state index contributed by atoms with van der Waals surface area (Å²) in [5.74, 6) is 1.16. The molecule has 1 aliphatic heterocycles. The number of fused-ring (bicyclic) bond motifs is 1. The number of piperidine rings is 1. The minimum Gasteiger partial charge on any atom is -0.342 e. The van der Waals surface area contributed by atoms with Crippen molar-refractivity contribution in [3.8, 4) is 11.1 Å². The van der Waals surface area contributed by atoms with Gasteiger partial charge in [-0.25, -0.2) is 9.50 Å². The molecule has 4 aromatic rings. The van der Waals surface area contributed by atoms with Crippen molar-refractivity contribution in [2.45, 2.75) is 25.2 Å². The molecule has 0 radical (unpaired) electrons. The number of hydrogen-bond acceptors (Lipinski definition) is 4. The second-order valence-corrected chi connectivity index (χ2v) is 7.77. The summed E-state index contributed by atoms with van der Waals surface area (Å²) < 4.78 is 1.84. The Morgan fingerprint density at radius 3 is 2.67 bits per heavy atom. The fourth-order valence-corrected chi connectivity index (χ4v) is 4.09. The molecule has 0 unspecified atom stereocenters. The summed E-state index contributed by atoms with van der Waals surface area (Å²) in [7, 11) is 0. The lowest BCUT2D eigenvalue weighted by Crippen LogP contribution is -2.40. The summed E-state index contributed by atoms with van der Waals surface area (Å²) >= 11 is 0. The van der Waals surface area contributed by atoms with Crippen LogP contribution in [0.2, 0.25) is 0 Å². The zero-order chi connectivity index (χ0) is 20.3. The van der Waals surface area contributed by atoms with Crippen molar-refractivity contribution >= 4 is 11.6 Å². The molecule has 30 heavy (non-hydrogen) atoms. The van der Waals surface area contributed by atoms with Crippen molar-refractivity contribution in [2.75, 3.05) is 13.1 Å². The number of pyridine rings is 2. The predicted molar refractivity (Wildman–Crippen MR) is 115 cm³/mol. The highest BCUT2D eigenvalue weighted by Crippen LogP contribution is 2.26. The van der Waals surface area contributed by atoms with Crippen LogP contribution in [0.3, 0.4) is 0 Å². The van der Waals surface area contributed by atoms with Crippen molar-refractivity contribution in [1.82, 2.24) is 24.5 Å². The molecule has 1 fully saturated rings. The topological polar surface area (TPSA) is 63.4 Å². The predicted octanol–water partition coefficient (Wildman–Crippen LogP) is 3.74. The molecule has 1 aromatic carbocycles. The van der Waals surface area contributed by atoms with E-state index in [2.05, 4.69) is 11.1 Å². The number of carbonyl (C=O) groups excluding carboxylic acids is 1. The summed E-state index contributed by atoms with van der Waals surface area (Å²) in [6, 6.07) is 17.9. The number of amides is 1. The van der Waals surface area contributed by atoms with Gasteiger partial charge >= 0.3 is 0 Å². The number of carbonyl (C=O) groups is 1. The zero-order valence-electron chi connectivity index (χ0n) is 16.7. The number of aromatic nitrogens is 4. The van der Waals surface area contributed by atoms with Crippen LogP contribution in [0.5, 0.6) is 0 Å². The van der Waals surface area contributed by atoms with Crippen LogP contribution in [0, 0.1) is 0 Å². The van der Waals surface area contributed by atoms with Gasteiger partial charge < -0.3 is 4.90 Å². The highest BCUT2D eigenvalue weighted by atomic mass is 16.2. The maximum Gasteiger partial charge on any atom is 0.227 e. The van der Waals surface area contributed by atoms with Crippen molar-refractivity contribution < 1.29 is 4.79 Å². The lowest BCUT2D eigenvalue weighted by molar-refractivity contribution is -0.131. The molecule has 0 N–H and O–H groups in total. The smallest absolute Gasteiger partial charge is 0.227 e. The molecule has 1 amide bonds. The third-order valence-corrected chi connectivity index (χ3v) is 5.70. The van der Waals surface area contributed by atoms with E-state index < -0.39 is 0 Å². The first kappa shape index (κ1) is 18.5. The summed E-state index contributed by atoms with van der Waals surface area (Å²) in [6.45, 7) is 1.49. The third kappa shape index (κ3) is 3.81. The van der Waals surface area contributed by atoms with Crippen molar-refractivity contribution in [3.05, 3.63) is 84.6 Å². The first-order valence-electron chi connectivity index (χ1n) is 10.3. The summed E-state index contributed by atoms with van der Waals surface area (Å²) in [4.78, 5) is 23.6. The van der Waals surface area contributed by atoms with Crippen molar-refractivity contribution in [1.29, 1.82) is 0 Å². The van der Waals surface area contributed by atoms with E-state index in [9.17, 15) is 4.79 Å². The normalized spacial score (nSPS) is 16.7. The molecule has 150 valence electrons. The van der Waals surface area contributed by atoms with Gasteiger partial charge in [0.1, 0.15) is 0 Å². The Morgan fingerprint density at radius 2 is 1.83 bits per heavy atom. The molecule has 6 heteroatoms. The molecule has 4 heterocycles. The average Bonchev–Trinajstić information content (AvgIpc) is 3.24. The van der Waals surface area contributed by atoms with Crippen molar-refractivity contribution in [2.24, 2.45) is 0 Å². The average molecular weight is 397 g/mol. The lowest BCUT2D eigenvalue weighted by atomic mass is 9.97. The molecule has 1 atom stereocenters. The number of benzene rings is 1. The molecule has 1 aliphatic rings. The molecule has 5 rings (SSSR count). The minimum absolute atomic E-state index is 0.169. The fourth-order valence-electron chi connectivity index (χ4n) is 4.09. The van der Waals surface area contributed by atoms with Gasteiger partial charge in [-0.15, -0.1) is 0 Å². The number of rotatable bonds is 4. The second kappa shape index (κ2) is 8.06. The Kier molecular flexibility index (Phi) is 4.97. The molecule has 0 bridgehead atoms. The Morgan fingerprint density at radius 1 is 1.00 bits per heavy atom. The molecule has 1 saturated heterocycles. The molecular weight excluding hydrogens is 374 g/mol. The van der Waals surface area contributed by atoms with Crippen LogP contribution in [-0.2, 0) is 11.2 Å². The maximum absolute atomic E-state index is 12.8. The van der Waals surface area contributed by atoms with Crippen LogP contribution >= 0.6 is 0 Å². The second-order valence-electron chi connectivity index (χ2n) is 7.77. The van der Waals surface area contributed by atoms with Crippen LogP contribution in [0.1, 0.15) is 30.1 Å². The standard InChI is InChI=1S/C24H23N5O/c30-23(15-18-5-2-1-3-6-18)28-14-4-7-21(16-28)24-26-22-9-8-20(17-29(22)27-24)19-10-12-25-13-11-19/h1-3,5-6,8-13,17,21H,4,7,14-16H2/t21-/m0/s1. The zero-order valence-corrected chi connectivity index (χ0v) is 16.7. The lowest BCUT2D eigenvalue weighted by Gasteiger charge is -2.31. The van der Waals surface area contributed by atoms with E-state index in [1.165, 1.54) is 0 Å². The van der Waals surface area contributed by atoms with Crippen LogP contribution in [0.25, 0.3) is 16.8 Å². The number of hydrogen-bond donors (Lipinski definition) is 0. The van der Waals surface area contributed by atoms with E-state index >= 15 is 0 Å². The molecule has 0 spiro atoms. The minimum atomic E-state index is 0.169. The van der Waals surface area contributed by atoms with Gasteiger partial charge in [-0.05, 0) is 48.2 Å². The van der Waals surface area contributed by atoms with Gasteiger partial charge in [-0.3, -0.25) is 9.78 Å². The summed E-state index contributed by atoms with van der Waals surface area (Å²) in [6.07, 6.45) is 8.00. The summed E-state index contributed by atoms with van der Waals surface area (Å²) in [5, 5.41) is 4.75. The molecule has 0 saturated carbocycles. The summed E-state index contributed by atoms with van der Waals surface area (Å²) in [5.41, 5.74) is 4.05. The Labute approximate surface area is 175 Å². The van der Waals surface area contributed by atoms with Crippen LogP contribution in [0.15, 0.2) is 73.2 Å². The van der Waals surface area contributed by atoms with E-state index in [-0.39, 0.29) is 11.8 Å². The van der Waals surface area contributed by atoms with E-state index in [1.54, 1.807) is 12.4 Å². The highest BCUT2D eigenvalue weighted by molar-refractivity contribution is 5.79. The van der Waals surface area contributed by atoms with Gasteiger partial charge in [0.25, 0.3) is 0 Å². The SMILES string of the molecule is O=C(Cc1ccccc1)N1CCC[C@H](c2nc3ccc(-c4ccncc4)cn3n2)C1. The van der Waals surface area contributed by atoms with Crippen molar-refractivity contribution in [3.63, 3.8) is 0 Å². The molecule has 3 aromatic heterocycles. The van der Waals surface area contributed by atoms with Gasteiger partial charge in [-0.1, -0.05) is 30.3 Å². The maximum atomic E-state index is 12.8. The quantitative estimate of drug-likeness (QED) is 0.526. The first-order chi connectivity index (χ1) is 14.8. The van der Waals surface area contributed by atoms with Crippen LogP contribution in [0.4, 0.5) is 0 Å². The highest BCUT2D eigenvalue weighted by Gasteiger charge is 2.27. The molecule has 0 aliphatic carbocycles. The largest absolute Gasteiger partial charge is 0.342 e. The third-order valence-electron chi connectivity index (χ3n) is 5.70. The molecule has 6 nitrogen and oxygen atoms in total.